The number of aromatic hydroxyl groups is 1. The average molecular weight is 582 g/mol. The van der Waals surface area contributed by atoms with Crippen LogP contribution < -0.4 is 10.6 Å². The van der Waals surface area contributed by atoms with Gasteiger partial charge in [-0.2, -0.15) is 0 Å². The Kier molecular flexibility index (Phi) is 12.9. The second kappa shape index (κ2) is 15.6. The summed E-state index contributed by atoms with van der Waals surface area (Å²) in [6.07, 6.45) is 4.21. The van der Waals surface area contributed by atoms with Gasteiger partial charge < -0.3 is 25.4 Å². The van der Waals surface area contributed by atoms with E-state index < -0.39 is 41.1 Å². The van der Waals surface area contributed by atoms with E-state index in [9.17, 15) is 19.5 Å². The zero-order valence-corrected chi connectivity index (χ0v) is 26.8. The standard InChI is InChI=1S/C34H51N3O5/c1-9-10-11-12-16-22-37(28(30(39)36-33(3,4)5)26-21-17-18-24(2)29(26)38)31(40)27(23-25-19-14-13-15-20-25)35-32(41)42-34(6,7)8/h13-15,17-21,27-28,38H,9-12,16,22-23H2,1-8H3,(H,35,41)(H,36,39). The van der Waals surface area contributed by atoms with E-state index in [2.05, 4.69) is 17.6 Å². The monoisotopic (exact) mass is 581 g/mol. The topological polar surface area (TPSA) is 108 Å². The van der Waals surface area contributed by atoms with Gasteiger partial charge in [0.25, 0.3) is 0 Å². The van der Waals surface area contributed by atoms with E-state index in [1.807, 2.05) is 51.1 Å². The Morgan fingerprint density at radius 3 is 2.14 bits per heavy atom. The molecular weight excluding hydrogens is 530 g/mol. The molecule has 0 radical (unpaired) electrons. The van der Waals surface area contributed by atoms with Gasteiger partial charge in [-0.25, -0.2) is 4.79 Å². The van der Waals surface area contributed by atoms with E-state index in [-0.39, 0.29) is 18.7 Å². The van der Waals surface area contributed by atoms with Gasteiger partial charge in [0, 0.05) is 24.1 Å². The maximum Gasteiger partial charge on any atom is 0.408 e. The molecule has 0 aliphatic rings. The van der Waals surface area contributed by atoms with Crippen LogP contribution in [0.5, 0.6) is 5.75 Å². The number of amides is 3. The van der Waals surface area contributed by atoms with Crippen LogP contribution >= 0.6 is 0 Å². The molecule has 8 nitrogen and oxygen atoms in total. The normalized spacial score (nSPS) is 13.1. The van der Waals surface area contributed by atoms with E-state index in [0.717, 1.165) is 31.2 Å². The highest BCUT2D eigenvalue weighted by Crippen LogP contribution is 2.33. The third kappa shape index (κ3) is 11.4. The molecule has 0 fully saturated rings. The van der Waals surface area contributed by atoms with Gasteiger partial charge in [-0.3, -0.25) is 9.59 Å². The van der Waals surface area contributed by atoms with Crippen LogP contribution in [-0.2, 0) is 20.7 Å². The number of carbonyl (C=O) groups is 3. The number of nitrogens with one attached hydrogen (secondary N) is 2. The molecule has 0 saturated heterocycles. The molecule has 0 aliphatic carbocycles. The third-order valence-corrected chi connectivity index (χ3v) is 6.68. The smallest absolute Gasteiger partial charge is 0.408 e. The van der Waals surface area contributed by atoms with Gasteiger partial charge in [-0.05, 0) is 66.0 Å². The first-order valence-corrected chi connectivity index (χ1v) is 15.1. The number of nitrogens with zero attached hydrogens (tertiary/aromatic N) is 1. The van der Waals surface area contributed by atoms with Gasteiger partial charge in [-0.1, -0.05) is 81.1 Å². The molecule has 0 aromatic heterocycles. The van der Waals surface area contributed by atoms with Crippen molar-refractivity contribution >= 4 is 17.9 Å². The van der Waals surface area contributed by atoms with Crippen LogP contribution in [0.15, 0.2) is 48.5 Å². The lowest BCUT2D eigenvalue weighted by Crippen LogP contribution is -2.55. The fourth-order valence-electron chi connectivity index (χ4n) is 4.74. The van der Waals surface area contributed by atoms with Gasteiger partial charge in [0.2, 0.25) is 11.8 Å². The summed E-state index contributed by atoms with van der Waals surface area (Å²) in [6.45, 7) is 15.1. The van der Waals surface area contributed by atoms with Gasteiger partial charge in [0.05, 0.1) is 0 Å². The van der Waals surface area contributed by atoms with Crippen molar-refractivity contribution in [3.63, 3.8) is 0 Å². The highest BCUT2D eigenvalue weighted by atomic mass is 16.6. The van der Waals surface area contributed by atoms with Crippen molar-refractivity contribution < 1.29 is 24.2 Å². The van der Waals surface area contributed by atoms with Gasteiger partial charge in [0.15, 0.2) is 0 Å². The van der Waals surface area contributed by atoms with Crippen LogP contribution in [0.3, 0.4) is 0 Å². The molecule has 0 heterocycles. The molecular formula is C34H51N3O5. The van der Waals surface area contributed by atoms with Crippen molar-refractivity contribution in [2.24, 2.45) is 0 Å². The molecule has 0 spiro atoms. The minimum atomic E-state index is -1.11. The van der Waals surface area contributed by atoms with Crippen molar-refractivity contribution in [2.75, 3.05) is 6.54 Å². The first-order chi connectivity index (χ1) is 19.6. The first-order valence-electron chi connectivity index (χ1n) is 15.1. The molecule has 232 valence electrons. The SMILES string of the molecule is CCCCCCCN(C(=O)C(Cc1ccccc1)NC(=O)OC(C)(C)C)C(C(=O)NC(C)(C)C)c1cccc(C)c1O. The number of aryl methyl sites for hydroxylation is 1. The van der Waals surface area contributed by atoms with E-state index >= 15 is 0 Å². The number of rotatable bonds is 13. The summed E-state index contributed by atoms with van der Waals surface area (Å²) in [5.41, 5.74) is 0.455. The number of ether oxygens (including phenoxy) is 1. The van der Waals surface area contributed by atoms with E-state index in [4.69, 9.17) is 4.74 Å². The summed E-state index contributed by atoms with van der Waals surface area (Å²) in [6, 6.07) is 12.5. The lowest BCUT2D eigenvalue weighted by molar-refractivity contribution is -0.143. The maximum atomic E-state index is 14.5. The van der Waals surface area contributed by atoms with Crippen molar-refractivity contribution in [1.82, 2.24) is 15.5 Å². The number of hydrogen-bond donors (Lipinski definition) is 3. The maximum absolute atomic E-state index is 14.5. The predicted octanol–water partition coefficient (Wildman–Crippen LogP) is 6.59. The molecule has 8 heteroatoms. The molecule has 42 heavy (non-hydrogen) atoms. The van der Waals surface area contributed by atoms with Crippen LogP contribution in [0.2, 0.25) is 0 Å². The fraction of sp³-hybridized carbons (Fsp3) is 0.559. The van der Waals surface area contributed by atoms with Gasteiger partial charge in [0.1, 0.15) is 23.4 Å². The summed E-state index contributed by atoms with van der Waals surface area (Å²) in [4.78, 5) is 43.0. The quantitative estimate of drug-likeness (QED) is 0.231. The molecule has 3 N–H and O–H groups in total. The van der Waals surface area contributed by atoms with Crippen molar-refractivity contribution in [2.45, 2.75) is 117 Å². The highest BCUT2D eigenvalue weighted by Gasteiger charge is 2.38. The fourth-order valence-corrected chi connectivity index (χ4v) is 4.74. The third-order valence-electron chi connectivity index (χ3n) is 6.68. The predicted molar refractivity (Wildman–Crippen MR) is 167 cm³/mol. The van der Waals surface area contributed by atoms with E-state index in [1.54, 1.807) is 45.9 Å². The lowest BCUT2D eigenvalue weighted by Gasteiger charge is -2.36. The minimum absolute atomic E-state index is 0.0324. The molecule has 2 unspecified atom stereocenters. The summed E-state index contributed by atoms with van der Waals surface area (Å²) >= 11 is 0. The van der Waals surface area contributed by atoms with Crippen molar-refractivity contribution in [1.29, 1.82) is 0 Å². The molecule has 2 aromatic rings. The molecule has 2 rings (SSSR count). The first kappa shape index (κ1) is 34.7. The van der Waals surface area contributed by atoms with Gasteiger partial charge in [-0.15, -0.1) is 0 Å². The number of para-hydroxylation sites is 1. The minimum Gasteiger partial charge on any atom is -0.507 e. The van der Waals surface area contributed by atoms with E-state index in [1.165, 1.54) is 4.90 Å². The number of phenols is 1. The Labute approximate surface area is 252 Å². The van der Waals surface area contributed by atoms with Gasteiger partial charge >= 0.3 is 6.09 Å². The Morgan fingerprint density at radius 1 is 0.905 bits per heavy atom. The molecule has 0 saturated carbocycles. The Morgan fingerprint density at radius 2 is 1.55 bits per heavy atom. The zero-order valence-electron chi connectivity index (χ0n) is 26.8. The molecule has 2 aromatic carbocycles. The van der Waals surface area contributed by atoms with Crippen LogP contribution in [-0.4, -0.2) is 51.6 Å². The zero-order chi connectivity index (χ0) is 31.5. The summed E-state index contributed by atoms with van der Waals surface area (Å²) in [5.74, 6) is -0.855. The van der Waals surface area contributed by atoms with Crippen molar-refractivity contribution in [3.05, 3.63) is 65.2 Å². The number of carbonyl (C=O) groups excluding carboxylic acids is 3. The molecule has 2 atom stereocenters. The summed E-state index contributed by atoms with van der Waals surface area (Å²) < 4.78 is 5.51. The molecule has 0 bridgehead atoms. The van der Waals surface area contributed by atoms with Crippen LogP contribution in [0.1, 0.15) is 103 Å². The Balaban J connectivity index is 2.61. The summed E-state index contributed by atoms with van der Waals surface area (Å²) in [5, 5.41) is 16.9. The Bertz CT molecular complexity index is 1170. The highest BCUT2D eigenvalue weighted by molar-refractivity contribution is 5.93. The van der Waals surface area contributed by atoms with E-state index in [0.29, 0.717) is 17.5 Å². The van der Waals surface area contributed by atoms with Crippen LogP contribution in [0, 0.1) is 6.92 Å². The number of phenolic OH excluding ortho intramolecular Hbond substituents is 1. The number of benzene rings is 2. The number of hydrogen-bond acceptors (Lipinski definition) is 5. The lowest BCUT2D eigenvalue weighted by atomic mass is 9.96. The Hall–Kier alpha value is -3.55. The number of alkyl carbamates (subject to hydrolysis) is 1. The second-order valence-corrected chi connectivity index (χ2v) is 13.0. The number of unbranched alkanes of at least 4 members (excludes halogenated alkanes) is 4. The van der Waals surface area contributed by atoms with Crippen LogP contribution in [0.4, 0.5) is 4.79 Å². The molecule has 3 amide bonds. The second-order valence-electron chi connectivity index (χ2n) is 13.0. The average Bonchev–Trinajstić information content (AvgIpc) is 2.87. The largest absolute Gasteiger partial charge is 0.507 e. The molecule has 0 aliphatic heterocycles. The van der Waals surface area contributed by atoms with Crippen molar-refractivity contribution in [3.8, 4) is 5.75 Å². The van der Waals surface area contributed by atoms with Crippen LogP contribution in [0.25, 0.3) is 0 Å². The summed E-state index contributed by atoms with van der Waals surface area (Å²) in [7, 11) is 0.